The number of nitrogens with one attached hydrogen (secondary N) is 1. The molecular weight excluding hydrogens is 270 g/mol. The van der Waals surface area contributed by atoms with Crippen LogP contribution in [0.25, 0.3) is 0 Å². The largest absolute Gasteiger partial charge is 0.311 e. The number of pyridine rings is 1. The lowest BCUT2D eigenvalue weighted by Gasteiger charge is -2.50. The van der Waals surface area contributed by atoms with Crippen LogP contribution in [0.1, 0.15) is 50.6 Å². The Hall–Kier alpha value is -0.930. The van der Waals surface area contributed by atoms with Gasteiger partial charge in [-0.2, -0.15) is 0 Å². The molecule has 0 bridgehead atoms. The van der Waals surface area contributed by atoms with Crippen LogP contribution < -0.4 is 5.32 Å². The zero-order valence-electron chi connectivity index (χ0n) is 13.6. The summed E-state index contributed by atoms with van der Waals surface area (Å²) >= 11 is 0. The molecule has 3 aliphatic rings. The smallest absolute Gasteiger partial charge is 0.0543 e. The summed E-state index contributed by atoms with van der Waals surface area (Å²) in [6, 6.07) is 7.83. The van der Waals surface area contributed by atoms with Crippen LogP contribution in [0.15, 0.2) is 24.4 Å². The van der Waals surface area contributed by atoms with E-state index in [9.17, 15) is 0 Å². The second kappa shape index (κ2) is 6.67. The third-order valence-electron chi connectivity index (χ3n) is 6.19. The fraction of sp³-hybridized carbons (Fsp3) is 0.737. The monoisotopic (exact) mass is 299 g/mol. The summed E-state index contributed by atoms with van der Waals surface area (Å²) in [6.07, 6.45) is 11.9. The maximum absolute atomic E-state index is 4.45. The van der Waals surface area contributed by atoms with Crippen molar-refractivity contribution in [3.8, 4) is 0 Å². The molecule has 0 spiro atoms. The van der Waals surface area contributed by atoms with Crippen LogP contribution in [-0.2, 0) is 6.54 Å². The molecule has 0 amide bonds. The zero-order valence-corrected chi connectivity index (χ0v) is 13.6. The molecule has 1 saturated heterocycles. The first kappa shape index (κ1) is 14.6. The summed E-state index contributed by atoms with van der Waals surface area (Å²) in [6.45, 7) is 3.45. The van der Waals surface area contributed by atoms with E-state index in [0.717, 1.165) is 30.5 Å². The Bertz CT molecular complexity index is 467. The van der Waals surface area contributed by atoms with E-state index in [0.29, 0.717) is 0 Å². The van der Waals surface area contributed by atoms with Gasteiger partial charge in [-0.25, -0.2) is 0 Å². The molecule has 0 aromatic carbocycles. The summed E-state index contributed by atoms with van der Waals surface area (Å²) in [4.78, 5) is 7.01. The van der Waals surface area contributed by atoms with Crippen LogP contribution in [0.2, 0.25) is 0 Å². The number of nitrogens with zero attached hydrogens (tertiary/aromatic N) is 2. The van der Waals surface area contributed by atoms with Crippen LogP contribution in [0.4, 0.5) is 0 Å². The van der Waals surface area contributed by atoms with Gasteiger partial charge in [0.1, 0.15) is 0 Å². The second-order valence-electron chi connectivity index (χ2n) is 7.59. The van der Waals surface area contributed by atoms with Crippen molar-refractivity contribution in [3.05, 3.63) is 30.1 Å². The minimum Gasteiger partial charge on any atom is -0.311 e. The summed E-state index contributed by atoms with van der Waals surface area (Å²) in [7, 11) is 0. The molecular formula is C19H29N3. The van der Waals surface area contributed by atoms with Crippen LogP contribution in [0.5, 0.6) is 0 Å². The molecule has 1 N–H and O–H groups in total. The van der Waals surface area contributed by atoms with Crippen molar-refractivity contribution in [1.29, 1.82) is 0 Å². The molecule has 2 aliphatic carbocycles. The van der Waals surface area contributed by atoms with Gasteiger partial charge in [0.25, 0.3) is 0 Å². The van der Waals surface area contributed by atoms with Crippen molar-refractivity contribution >= 4 is 0 Å². The van der Waals surface area contributed by atoms with E-state index >= 15 is 0 Å². The van der Waals surface area contributed by atoms with Gasteiger partial charge in [-0.3, -0.25) is 9.88 Å². The predicted octanol–water partition coefficient (Wildman–Crippen LogP) is 3.21. The maximum atomic E-state index is 4.45. The number of hydrogen-bond donors (Lipinski definition) is 1. The van der Waals surface area contributed by atoms with E-state index in [1.54, 1.807) is 0 Å². The molecule has 4 rings (SSSR count). The Morgan fingerprint density at radius 3 is 2.73 bits per heavy atom. The zero-order chi connectivity index (χ0) is 14.8. The first-order chi connectivity index (χ1) is 10.9. The van der Waals surface area contributed by atoms with Gasteiger partial charge >= 0.3 is 0 Å². The molecule has 3 atom stereocenters. The fourth-order valence-electron chi connectivity index (χ4n) is 4.84. The lowest BCUT2D eigenvalue weighted by Crippen LogP contribution is -2.56. The van der Waals surface area contributed by atoms with Gasteiger partial charge in [0.15, 0.2) is 0 Å². The molecule has 120 valence electrons. The standard InChI is InChI=1S/C19H29N3/c1-2-7-18-15(5-1)13-19(18)21-16-8-11-22(12-9-16)14-17-6-3-4-10-20-17/h3-4,6,10,15-16,18-19,21H,1-2,5,7-9,11-14H2/t15-,18-,19?/m0/s1. The molecule has 22 heavy (non-hydrogen) atoms. The second-order valence-corrected chi connectivity index (χ2v) is 7.59. The van der Waals surface area contributed by atoms with Crippen LogP contribution in [0, 0.1) is 11.8 Å². The Labute approximate surface area is 134 Å². The molecule has 1 unspecified atom stereocenters. The van der Waals surface area contributed by atoms with Crippen molar-refractivity contribution < 1.29 is 0 Å². The van der Waals surface area contributed by atoms with Gasteiger partial charge in [-0.1, -0.05) is 25.3 Å². The molecule has 3 heteroatoms. The number of likely N-dealkylation sites (tertiary alicyclic amines) is 1. The average Bonchev–Trinajstić information content (AvgIpc) is 2.55. The fourth-order valence-corrected chi connectivity index (χ4v) is 4.84. The quantitative estimate of drug-likeness (QED) is 0.925. The van der Waals surface area contributed by atoms with E-state index in [-0.39, 0.29) is 0 Å². The first-order valence-electron chi connectivity index (χ1n) is 9.27. The average molecular weight is 299 g/mol. The van der Waals surface area contributed by atoms with Crippen molar-refractivity contribution in [3.63, 3.8) is 0 Å². The Kier molecular flexibility index (Phi) is 4.44. The van der Waals surface area contributed by atoms with Gasteiger partial charge in [-0.15, -0.1) is 0 Å². The minimum absolute atomic E-state index is 0.757. The van der Waals surface area contributed by atoms with Crippen LogP contribution in [0.3, 0.4) is 0 Å². The molecule has 3 fully saturated rings. The molecule has 2 saturated carbocycles. The van der Waals surface area contributed by atoms with E-state index in [2.05, 4.69) is 27.3 Å². The number of aromatic nitrogens is 1. The molecule has 1 aliphatic heterocycles. The lowest BCUT2D eigenvalue weighted by molar-refractivity contribution is 0.0442. The highest BCUT2D eigenvalue weighted by molar-refractivity contribution is 5.04. The van der Waals surface area contributed by atoms with Crippen molar-refractivity contribution in [2.75, 3.05) is 13.1 Å². The maximum Gasteiger partial charge on any atom is 0.0543 e. The minimum atomic E-state index is 0.757. The highest BCUT2D eigenvalue weighted by Gasteiger charge is 2.42. The van der Waals surface area contributed by atoms with Gasteiger partial charge in [0.2, 0.25) is 0 Å². The normalized spacial score (nSPS) is 33.2. The van der Waals surface area contributed by atoms with E-state index in [1.807, 2.05) is 12.3 Å². The van der Waals surface area contributed by atoms with Crippen molar-refractivity contribution in [2.24, 2.45) is 11.8 Å². The molecule has 3 nitrogen and oxygen atoms in total. The van der Waals surface area contributed by atoms with E-state index in [4.69, 9.17) is 0 Å². The van der Waals surface area contributed by atoms with Gasteiger partial charge in [0.05, 0.1) is 5.69 Å². The number of piperidine rings is 1. The molecule has 1 aromatic rings. The van der Waals surface area contributed by atoms with E-state index in [1.165, 1.54) is 63.7 Å². The summed E-state index contributed by atoms with van der Waals surface area (Å²) < 4.78 is 0. The first-order valence-corrected chi connectivity index (χ1v) is 9.27. The van der Waals surface area contributed by atoms with Gasteiger partial charge < -0.3 is 5.32 Å². The summed E-state index contributed by atoms with van der Waals surface area (Å²) in [5.41, 5.74) is 1.21. The Morgan fingerprint density at radius 1 is 1.09 bits per heavy atom. The highest BCUT2D eigenvalue weighted by atomic mass is 15.2. The van der Waals surface area contributed by atoms with Crippen molar-refractivity contribution in [1.82, 2.24) is 15.2 Å². The Balaban J connectivity index is 1.21. The number of hydrogen-bond acceptors (Lipinski definition) is 3. The van der Waals surface area contributed by atoms with E-state index < -0.39 is 0 Å². The van der Waals surface area contributed by atoms with Crippen LogP contribution in [-0.4, -0.2) is 35.1 Å². The summed E-state index contributed by atoms with van der Waals surface area (Å²) in [5, 5.41) is 4.00. The SMILES string of the molecule is c1ccc(CN2CCC(NC3C[C@@H]4CCCC[C@H]34)CC2)nc1. The third-order valence-corrected chi connectivity index (χ3v) is 6.19. The van der Waals surface area contributed by atoms with Gasteiger partial charge in [-0.05, 0) is 49.7 Å². The predicted molar refractivity (Wildman–Crippen MR) is 89.5 cm³/mol. The summed E-state index contributed by atoms with van der Waals surface area (Å²) in [5.74, 6) is 2.08. The number of rotatable bonds is 4. The molecule has 0 radical (unpaired) electrons. The van der Waals surface area contributed by atoms with Crippen molar-refractivity contribution in [2.45, 2.75) is 63.6 Å². The highest BCUT2D eigenvalue weighted by Crippen LogP contribution is 2.45. The Morgan fingerprint density at radius 2 is 1.95 bits per heavy atom. The third kappa shape index (κ3) is 3.21. The molecule has 2 heterocycles. The number of fused-ring (bicyclic) bond motifs is 1. The lowest BCUT2D eigenvalue weighted by atomic mass is 9.62. The van der Waals surface area contributed by atoms with Crippen LogP contribution >= 0.6 is 0 Å². The topological polar surface area (TPSA) is 28.2 Å². The molecule has 1 aromatic heterocycles. The van der Waals surface area contributed by atoms with Gasteiger partial charge in [0, 0.05) is 37.9 Å².